The Labute approximate surface area is 117 Å². The van der Waals surface area contributed by atoms with Gasteiger partial charge in [0.25, 0.3) is 5.91 Å². The van der Waals surface area contributed by atoms with Gasteiger partial charge in [-0.05, 0) is 12.8 Å². The number of carbonyl (C=O) groups is 2. The van der Waals surface area contributed by atoms with Gasteiger partial charge in [0, 0.05) is 26.2 Å². The average Bonchev–Trinajstić information content (AvgIpc) is 2.71. The summed E-state index contributed by atoms with van der Waals surface area (Å²) < 4.78 is 1.47. The number of amides is 2. The number of nitrogens with zero attached hydrogens (tertiary/aromatic N) is 3. The molecule has 5 N–H and O–H groups in total. The highest BCUT2D eigenvalue weighted by molar-refractivity contribution is 5.97. The summed E-state index contributed by atoms with van der Waals surface area (Å²) in [5.74, 6) is -0.536. The lowest BCUT2D eigenvalue weighted by Crippen LogP contribution is -2.47. The predicted octanol–water partition coefficient (Wildman–Crippen LogP) is -1.32. The first-order valence-electron chi connectivity index (χ1n) is 6.56. The number of nitrogens with two attached hydrogens (primary N) is 2. The maximum atomic E-state index is 12.1. The lowest BCUT2D eigenvalue weighted by atomic mass is 10.0. The van der Waals surface area contributed by atoms with Crippen LogP contribution in [0.2, 0.25) is 0 Å². The zero-order valence-electron chi connectivity index (χ0n) is 11.5. The fourth-order valence-corrected chi connectivity index (χ4v) is 2.44. The molecule has 8 heteroatoms. The van der Waals surface area contributed by atoms with E-state index in [1.807, 2.05) is 4.90 Å². The molecule has 0 bridgehead atoms. The first-order valence-corrected chi connectivity index (χ1v) is 6.56. The SMILES string of the molecule is Cn1ncc(N)c1C(=O)NC1CCN(CC(N)=O)CC1. The van der Waals surface area contributed by atoms with Crippen LogP contribution in [0.15, 0.2) is 6.20 Å². The topological polar surface area (TPSA) is 119 Å². The van der Waals surface area contributed by atoms with E-state index < -0.39 is 0 Å². The van der Waals surface area contributed by atoms with Crippen LogP contribution in [0, 0.1) is 0 Å². The van der Waals surface area contributed by atoms with Crippen molar-refractivity contribution in [1.29, 1.82) is 0 Å². The van der Waals surface area contributed by atoms with Crippen LogP contribution >= 0.6 is 0 Å². The maximum Gasteiger partial charge on any atom is 0.271 e. The summed E-state index contributed by atoms with van der Waals surface area (Å²) in [7, 11) is 1.68. The van der Waals surface area contributed by atoms with Crippen LogP contribution in [0.3, 0.4) is 0 Å². The Kier molecular flexibility index (Phi) is 4.23. The van der Waals surface area contributed by atoms with E-state index in [1.165, 1.54) is 10.9 Å². The highest BCUT2D eigenvalue weighted by Gasteiger charge is 2.23. The van der Waals surface area contributed by atoms with Crippen LogP contribution in [-0.2, 0) is 11.8 Å². The monoisotopic (exact) mass is 280 g/mol. The van der Waals surface area contributed by atoms with Gasteiger partial charge < -0.3 is 16.8 Å². The number of likely N-dealkylation sites (tertiary alicyclic amines) is 1. The van der Waals surface area contributed by atoms with E-state index in [2.05, 4.69) is 10.4 Å². The van der Waals surface area contributed by atoms with E-state index in [-0.39, 0.29) is 24.4 Å². The molecule has 20 heavy (non-hydrogen) atoms. The second-order valence-electron chi connectivity index (χ2n) is 5.06. The number of primary amides is 1. The Bertz CT molecular complexity index is 485. The second-order valence-corrected chi connectivity index (χ2v) is 5.06. The van der Waals surface area contributed by atoms with Gasteiger partial charge >= 0.3 is 0 Å². The zero-order chi connectivity index (χ0) is 14.7. The minimum Gasteiger partial charge on any atom is -0.396 e. The molecule has 2 heterocycles. The Morgan fingerprint density at radius 1 is 1.45 bits per heavy atom. The highest BCUT2D eigenvalue weighted by atomic mass is 16.2. The van der Waals surface area contributed by atoms with Crippen molar-refractivity contribution in [3.8, 4) is 0 Å². The average molecular weight is 280 g/mol. The largest absolute Gasteiger partial charge is 0.396 e. The van der Waals surface area contributed by atoms with Gasteiger partial charge in [-0.3, -0.25) is 19.2 Å². The molecule has 1 aliphatic heterocycles. The predicted molar refractivity (Wildman–Crippen MR) is 73.7 cm³/mol. The fourth-order valence-electron chi connectivity index (χ4n) is 2.44. The Morgan fingerprint density at radius 3 is 2.60 bits per heavy atom. The fraction of sp³-hybridized carbons (Fsp3) is 0.583. The number of aryl methyl sites for hydroxylation is 1. The molecule has 1 fully saturated rings. The normalized spacial score (nSPS) is 17.1. The third-order valence-electron chi connectivity index (χ3n) is 3.48. The Hall–Kier alpha value is -2.09. The van der Waals surface area contributed by atoms with Gasteiger partial charge in [-0.1, -0.05) is 0 Å². The maximum absolute atomic E-state index is 12.1. The van der Waals surface area contributed by atoms with Crippen molar-refractivity contribution in [3.05, 3.63) is 11.9 Å². The van der Waals surface area contributed by atoms with Gasteiger partial charge in [0.15, 0.2) is 0 Å². The number of nitrogens with one attached hydrogen (secondary N) is 1. The summed E-state index contributed by atoms with van der Waals surface area (Å²) in [4.78, 5) is 25.0. The van der Waals surface area contributed by atoms with Gasteiger partial charge in [0.05, 0.1) is 18.4 Å². The van der Waals surface area contributed by atoms with Gasteiger partial charge in [0.2, 0.25) is 5.91 Å². The van der Waals surface area contributed by atoms with E-state index in [0.717, 1.165) is 25.9 Å². The number of aromatic nitrogens is 2. The smallest absolute Gasteiger partial charge is 0.271 e. The quantitative estimate of drug-likeness (QED) is 0.632. The number of anilines is 1. The molecule has 2 rings (SSSR count). The van der Waals surface area contributed by atoms with Crippen LogP contribution in [0.25, 0.3) is 0 Å². The van der Waals surface area contributed by atoms with E-state index in [4.69, 9.17) is 11.5 Å². The van der Waals surface area contributed by atoms with Crippen molar-refractivity contribution in [3.63, 3.8) is 0 Å². The van der Waals surface area contributed by atoms with Crippen molar-refractivity contribution in [2.24, 2.45) is 12.8 Å². The van der Waals surface area contributed by atoms with Crippen LogP contribution in [0.5, 0.6) is 0 Å². The third kappa shape index (κ3) is 3.27. The van der Waals surface area contributed by atoms with Crippen molar-refractivity contribution < 1.29 is 9.59 Å². The minimum atomic E-state index is -0.324. The molecule has 1 aromatic heterocycles. The summed E-state index contributed by atoms with van der Waals surface area (Å²) in [5, 5.41) is 6.90. The summed E-state index contributed by atoms with van der Waals surface area (Å²) in [6, 6.07) is 0.0842. The number of hydrogen-bond acceptors (Lipinski definition) is 5. The molecule has 0 atom stereocenters. The van der Waals surface area contributed by atoms with Crippen molar-refractivity contribution >= 4 is 17.5 Å². The van der Waals surface area contributed by atoms with Gasteiger partial charge in [-0.25, -0.2) is 0 Å². The molecular weight excluding hydrogens is 260 g/mol. The number of nitrogen functional groups attached to an aromatic ring is 1. The summed E-state index contributed by atoms with van der Waals surface area (Å²) in [6.45, 7) is 1.76. The first-order chi connectivity index (χ1) is 9.47. The van der Waals surface area contributed by atoms with Gasteiger partial charge in [-0.2, -0.15) is 5.10 Å². The Balaban J connectivity index is 1.87. The minimum absolute atomic E-state index is 0.0842. The molecule has 1 saturated heterocycles. The molecule has 0 aliphatic carbocycles. The molecular formula is C12H20N6O2. The van der Waals surface area contributed by atoms with E-state index in [1.54, 1.807) is 7.05 Å². The first kappa shape index (κ1) is 14.3. The molecule has 2 amide bonds. The standard InChI is InChI=1S/C12H20N6O2/c1-17-11(9(13)6-15-17)12(20)16-8-2-4-18(5-3-8)7-10(14)19/h6,8H,2-5,7,13H2,1H3,(H2,14,19)(H,16,20). The lowest BCUT2D eigenvalue weighted by molar-refractivity contribution is -0.119. The van der Waals surface area contributed by atoms with Crippen molar-refractivity contribution in [2.75, 3.05) is 25.4 Å². The van der Waals surface area contributed by atoms with Crippen LogP contribution in [-0.4, -0.2) is 52.2 Å². The van der Waals surface area contributed by atoms with Gasteiger partial charge in [-0.15, -0.1) is 0 Å². The molecule has 0 unspecified atom stereocenters. The molecule has 0 spiro atoms. The molecule has 1 aliphatic rings. The van der Waals surface area contributed by atoms with E-state index >= 15 is 0 Å². The van der Waals surface area contributed by atoms with Gasteiger partial charge in [0.1, 0.15) is 5.69 Å². The molecule has 8 nitrogen and oxygen atoms in total. The summed E-state index contributed by atoms with van der Waals surface area (Å²) in [6.07, 6.45) is 3.04. The van der Waals surface area contributed by atoms with E-state index in [9.17, 15) is 9.59 Å². The zero-order valence-corrected chi connectivity index (χ0v) is 11.5. The van der Waals surface area contributed by atoms with Crippen molar-refractivity contribution in [2.45, 2.75) is 18.9 Å². The number of carbonyl (C=O) groups excluding carboxylic acids is 2. The van der Waals surface area contributed by atoms with Crippen LogP contribution in [0.4, 0.5) is 5.69 Å². The number of rotatable bonds is 4. The molecule has 0 aromatic carbocycles. The Morgan fingerprint density at radius 2 is 2.10 bits per heavy atom. The highest BCUT2D eigenvalue weighted by Crippen LogP contribution is 2.13. The molecule has 110 valence electrons. The number of piperidine rings is 1. The van der Waals surface area contributed by atoms with Crippen molar-refractivity contribution in [1.82, 2.24) is 20.0 Å². The molecule has 1 aromatic rings. The molecule has 0 radical (unpaired) electrons. The van der Waals surface area contributed by atoms with Crippen LogP contribution in [0.1, 0.15) is 23.3 Å². The second kappa shape index (κ2) is 5.91. The lowest BCUT2D eigenvalue weighted by Gasteiger charge is -2.31. The summed E-state index contributed by atoms with van der Waals surface area (Å²) >= 11 is 0. The number of hydrogen-bond donors (Lipinski definition) is 3. The third-order valence-corrected chi connectivity index (χ3v) is 3.48. The van der Waals surface area contributed by atoms with Crippen LogP contribution < -0.4 is 16.8 Å². The van der Waals surface area contributed by atoms with E-state index in [0.29, 0.717) is 11.4 Å². The molecule has 0 saturated carbocycles. The summed E-state index contributed by atoms with van der Waals surface area (Å²) in [5.41, 5.74) is 11.6.